The molecule has 0 fully saturated rings. The van der Waals surface area contributed by atoms with Gasteiger partial charge in [0.15, 0.2) is 5.78 Å². The molecule has 0 heterocycles. The fraction of sp³-hybridized carbons (Fsp3) is 0.250. The first-order valence-corrected chi connectivity index (χ1v) is 8.02. The number of ketones is 1. The Labute approximate surface area is 146 Å². The highest BCUT2D eigenvalue weighted by molar-refractivity contribution is 5.98. The Hall–Kier alpha value is -2.95. The van der Waals surface area contributed by atoms with Crippen LogP contribution < -0.4 is 5.73 Å². The largest absolute Gasteiger partial charge is 0.447 e. The monoisotopic (exact) mass is 339 g/mol. The summed E-state index contributed by atoms with van der Waals surface area (Å²) >= 11 is 0. The summed E-state index contributed by atoms with van der Waals surface area (Å²) in [6, 6.07) is 14.0. The summed E-state index contributed by atoms with van der Waals surface area (Å²) in [5.74, 6) is -1.53. The molecule has 2 aromatic carbocycles. The topological polar surface area (TPSA) is 86.5 Å². The van der Waals surface area contributed by atoms with Crippen LogP contribution in [0.1, 0.15) is 46.0 Å². The number of esters is 1. The number of rotatable bonds is 7. The first-order valence-electron chi connectivity index (χ1n) is 8.02. The van der Waals surface area contributed by atoms with Gasteiger partial charge >= 0.3 is 5.97 Å². The van der Waals surface area contributed by atoms with E-state index in [0.717, 1.165) is 11.1 Å². The first kappa shape index (κ1) is 18.4. The lowest BCUT2D eigenvalue weighted by Crippen LogP contribution is -2.26. The van der Waals surface area contributed by atoms with Crippen molar-refractivity contribution in [2.75, 3.05) is 0 Å². The second-order valence-corrected chi connectivity index (χ2v) is 5.91. The van der Waals surface area contributed by atoms with Crippen molar-refractivity contribution in [1.29, 1.82) is 0 Å². The van der Waals surface area contributed by atoms with Crippen LogP contribution in [0.4, 0.5) is 0 Å². The van der Waals surface area contributed by atoms with Crippen molar-refractivity contribution in [3.63, 3.8) is 0 Å². The third kappa shape index (κ3) is 5.01. The van der Waals surface area contributed by atoms with Gasteiger partial charge in [0.05, 0.1) is 6.42 Å². The number of hydrogen-bond donors (Lipinski definition) is 1. The maximum absolute atomic E-state index is 12.2. The zero-order chi connectivity index (χ0) is 18.4. The van der Waals surface area contributed by atoms with Crippen LogP contribution in [0.5, 0.6) is 0 Å². The maximum Gasteiger partial charge on any atom is 0.307 e. The molecule has 2 N–H and O–H groups in total. The minimum Gasteiger partial charge on any atom is -0.447 e. The molecule has 0 aliphatic carbocycles. The van der Waals surface area contributed by atoms with E-state index in [1.54, 1.807) is 42.5 Å². The van der Waals surface area contributed by atoms with E-state index in [0.29, 0.717) is 11.1 Å². The Balaban J connectivity index is 1.96. The molecule has 1 atom stereocenters. The molecule has 2 rings (SSSR count). The molecule has 0 aliphatic heterocycles. The molecule has 0 unspecified atom stereocenters. The van der Waals surface area contributed by atoms with Gasteiger partial charge in [-0.05, 0) is 31.0 Å². The summed E-state index contributed by atoms with van der Waals surface area (Å²) in [5, 5.41) is 0. The molecule has 25 heavy (non-hydrogen) atoms. The van der Waals surface area contributed by atoms with Gasteiger partial charge in [0.2, 0.25) is 6.10 Å². The second-order valence-electron chi connectivity index (χ2n) is 5.91. The van der Waals surface area contributed by atoms with E-state index in [4.69, 9.17) is 10.5 Å². The van der Waals surface area contributed by atoms with E-state index in [9.17, 15) is 14.4 Å². The molecular formula is C20H21NO4. The van der Waals surface area contributed by atoms with Gasteiger partial charge in [0.25, 0.3) is 5.91 Å². The quantitative estimate of drug-likeness (QED) is 0.620. The van der Waals surface area contributed by atoms with Crippen molar-refractivity contribution in [3.05, 3.63) is 70.8 Å². The van der Waals surface area contributed by atoms with Gasteiger partial charge in [0, 0.05) is 17.5 Å². The molecule has 0 radical (unpaired) electrons. The molecule has 130 valence electrons. The summed E-state index contributed by atoms with van der Waals surface area (Å²) in [6.07, 6.45) is -1.24. The number of aryl methyl sites for hydroxylation is 2. The molecule has 1 amide bonds. The van der Waals surface area contributed by atoms with Gasteiger partial charge in [0.1, 0.15) is 0 Å². The molecule has 0 bridgehead atoms. The van der Waals surface area contributed by atoms with E-state index in [1.165, 1.54) is 0 Å². The lowest BCUT2D eigenvalue weighted by molar-refractivity contribution is -0.155. The van der Waals surface area contributed by atoms with Crippen LogP contribution in [0.15, 0.2) is 48.5 Å². The highest BCUT2D eigenvalue weighted by Gasteiger charge is 2.22. The smallest absolute Gasteiger partial charge is 0.307 e. The normalized spacial score (nSPS) is 11.6. The fourth-order valence-corrected chi connectivity index (χ4v) is 2.38. The number of hydrogen-bond acceptors (Lipinski definition) is 4. The number of amides is 1. The number of carbonyl (C=O) groups excluding carboxylic acids is 3. The molecule has 0 saturated carbocycles. The number of benzene rings is 2. The number of Topliss-reactive ketones (excluding diaryl/α,β-unsaturated/α-hetero) is 1. The molecule has 5 nitrogen and oxygen atoms in total. The van der Waals surface area contributed by atoms with Crippen LogP contribution in [0.25, 0.3) is 0 Å². The summed E-state index contributed by atoms with van der Waals surface area (Å²) in [6.45, 7) is 3.90. The molecule has 0 aromatic heterocycles. The predicted molar refractivity (Wildman–Crippen MR) is 93.9 cm³/mol. The van der Waals surface area contributed by atoms with E-state index in [-0.39, 0.29) is 18.6 Å². The van der Waals surface area contributed by atoms with Crippen LogP contribution in [0.2, 0.25) is 0 Å². The van der Waals surface area contributed by atoms with Crippen LogP contribution in [0, 0.1) is 13.8 Å². The van der Waals surface area contributed by atoms with E-state index in [1.807, 2.05) is 19.9 Å². The zero-order valence-electron chi connectivity index (χ0n) is 14.3. The lowest BCUT2D eigenvalue weighted by atomic mass is 10.0. The SMILES string of the molecule is Cc1ccc(C(=O)CCC(=O)O[C@H](C(N)=O)c2ccccc2)cc1C. The van der Waals surface area contributed by atoms with Gasteiger partial charge in [-0.15, -0.1) is 0 Å². The van der Waals surface area contributed by atoms with Crippen molar-refractivity contribution >= 4 is 17.7 Å². The molecule has 0 aliphatic rings. The Kier molecular flexibility index (Phi) is 6.06. The third-order valence-corrected chi connectivity index (χ3v) is 4.00. The minimum atomic E-state index is -1.15. The van der Waals surface area contributed by atoms with Crippen molar-refractivity contribution in [2.24, 2.45) is 5.73 Å². The van der Waals surface area contributed by atoms with Gasteiger partial charge in [-0.25, -0.2) is 0 Å². The number of ether oxygens (including phenoxy) is 1. The van der Waals surface area contributed by atoms with Gasteiger partial charge < -0.3 is 10.5 Å². The average molecular weight is 339 g/mol. The minimum absolute atomic E-state index is 0.0155. The summed E-state index contributed by atoms with van der Waals surface area (Å²) < 4.78 is 5.16. The Morgan fingerprint density at radius 3 is 2.24 bits per heavy atom. The summed E-state index contributed by atoms with van der Waals surface area (Å²) in [5.41, 5.74) is 8.50. The predicted octanol–water partition coefficient (Wildman–Crippen LogP) is 3.04. The first-order chi connectivity index (χ1) is 11.9. The summed E-state index contributed by atoms with van der Waals surface area (Å²) in [4.78, 5) is 35.8. The Morgan fingerprint density at radius 1 is 0.960 bits per heavy atom. The molecule has 0 spiro atoms. The van der Waals surface area contributed by atoms with Gasteiger partial charge in [-0.3, -0.25) is 14.4 Å². The molecule has 0 saturated heterocycles. The average Bonchev–Trinajstić information content (AvgIpc) is 2.60. The Morgan fingerprint density at radius 2 is 1.64 bits per heavy atom. The standard InChI is InChI=1S/C20H21NO4/c1-13-8-9-16(12-14(13)2)17(22)10-11-18(23)25-19(20(21)24)15-6-4-3-5-7-15/h3-9,12,19H,10-11H2,1-2H3,(H2,21,24)/t19-/m0/s1. The third-order valence-electron chi connectivity index (χ3n) is 4.00. The number of nitrogens with two attached hydrogens (primary N) is 1. The van der Waals surface area contributed by atoms with E-state index in [2.05, 4.69) is 0 Å². The van der Waals surface area contributed by atoms with Crippen LogP contribution in [0.3, 0.4) is 0 Å². The fourth-order valence-electron chi connectivity index (χ4n) is 2.38. The van der Waals surface area contributed by atoms with Crippen molar-refractivity contribution in [2.45, 2.75) is 32.8 Å². The van der Waals surface area contributed by atoms with E-state index >= 15 is 0 Å². The number of primary amides is 1. The van der Waals surface area contributed by atoms with Crippen LogP contribution >= 0.6 is 0 Å². The molecule has 2 aromatic rings. The number of carbonyl (C=O) groups is 3. The van der Waals surface area contributed by atoms with Crippen LogP contribution in [-0.2, 0) is 14.3 Å². The summed E-state index contributed by atoms with van der Waals surface area (Å²) in [7, 11) is 0. The van der Waals surface area contributed by atoms with Crippen LogP contribution in [-0.4, -0.2) is 17.7 Å². The molecule has 5 heteroatoms. The second kappa shape index (κ2) is 8.24. The van der Waals surface area contributed by atoms with Gasteiger partial charge in [-0.2, -0.15) is 0 Å². The lowest BCUT2D eigenvalue weighted by Gasteiger charge is -2.15. The molecular weight excluding hydrogens is 318 g/mol. The van der Waals surface area contributed by atoms with Crippen molar-refractivity contribution < 1.29 is 19.1 Å². The van der Waals surface area contributed by atoms with Gasteiger partial charge in [-0.1, -0.05) is 42.5 Å². The van der Waals surface area contributed by atoms with E-state index < -0.39 is 18.0 Å². The van der Waals surface area contributed by atoms with Crippen molar-refractivity contribution in [3.8, 4) is 0 Å². The Bertz CT molecular complexity index is 784. The zero-order valence-corrected chi connectivity index (χ0v) is 14.3. The highest BCUT2D eigenvalue weighted by atomic mass is 16.5. The highest BCUT2D eigenvalue weighted by Crippen LogP contribution is 2.18. The van der Waals surface area contributed by atoms with Crippen molar-refractivity contribution in [1.82, 2.24) is 0 Å². The maximum atomic E-state index is 12.2.